The van der Waals surface area contributed by atoms with Gasteiger partial charge in [-0.3, -0.25) is 9.59 Å². The summed E-state index contributed by atoms with van der Waals surface area (Å²) in [5.74, 6) is -1.08. The maximum Gasteiger partial charge on any atom is 0.231 e. The lowest BCUT2D eigenvalue weighted by Gasteiger charge is -2.33. The lowest BCUT2D eigenvalue weighted by atomic mass is 10.1. The van der Waals surface area contributed by atoms with Crippen molar-refractivity contribution in [2.24, 2.45) is 0 Å². The summed E-state index contributed by atoms with van der Waals surface area (Å²) in [6.07, 6.45) is 1.80. The largest absolute Gasteiger partial charge is 0.454 e. The van der Waals surface area contributed by atoms with Crippen molar-refractivity contribution in [2.45, 2.75) is 59.0 Å². The third kappa shape index (κ3) is 6.39. The van der Waals surface area contributed by atoms with Crippen LogP contribution in [0.5, 0.6) is 11.5 Å². The van der Waals surface area contributed by atoms with Crippen LogP contribution in [0.4, 0.5) is 14.5 Å². The summed E-state index contributed by atoms with van der Waals surface area (Å²) in [6.45, 7) is 8.61. The molecule has 0 aliphatic carbocycles. The number of carbonyl (C=O) groups is 2. The van der Waals surface area contributed by atoms with E-state index < -0.39 is 11.6 Å². The minimum atomic E-state index is -1.01. The summed E-state index contributed by atoms with van der Waals surface area (Å²) in [7, 11) is 0. The van der Waals surface area contributed by atoms with Crippen LogP contribution in [0.15, 0.2) is 30.3 Å². The van der Waals surface area contributed by atoms with Gasteiger partial charge in [-0.2, -0.15) is 0 Å². The summed E-state index contributed by atoms with van der Waals surface area (Å²) in [5.41, 5.74) is 1.52. The number of fused-ring (bicyclic) bond motifs is 2. The fourth-order valence-electron chi connectivity index (χ4n) is 4.89. The van der Waals surface area contributed by atoms with Gasteiger partial charge in [0.15, 0.2) is 23.1 Å². The van der Waals surface area contributed by atoms with Crippen molar-refractivity contribution >= 4 is 17.5 Å². The Morgan fingerprint density at radius 3 is 2.35 bits per heavy atom. The Kier molecular flexibility index (Phi) is 8.63. The molecular formula is C28H35F2N3O4. The molecule has 0 bridgehead atoms. The van der Waals surface area contributed by atoms with Gasteiger partial charge >= 0.3 is 0 Å². The van der Waals surface area contributed by atoms with Crippen LogP contribution in [-0.2, 0) is 22.6 Å². The molecule has 0 radical (unpaired) electrons. The summed E-state index contributed by atoms with van der Waals surface area (Å²) >= 11 is 0. The van der Waals surface area contributed by atoms with Gasteiger partial charge in [0.1, 0.15) is 0 Å². The topological polar surface area (TPSA) is 62.3 Å². The minimum absolute atomic E-state index is 0.0745. The quantitative estimate of drug-likeness (QED) is 0.600. The van der Waals surface area contributed by atoms with Crippen LogP contribution in [0.1, 0.15) is 51.2 Å². The number of anilines is 1. The molecule has 37 heavy (non-hydrogen) atoms. The van der Waals surface area contributed by atoms with E-state index in [1.54, 1.807) is 28.9 Å². The van der Waals surface area contributed by atoms with Crippen LogP contribution in [0.25, 0.3) is 0 Å². The summed E-state index contributed by atoms with van der Waals surface area (Å²) in [6, 6.07) is 7.91. The van der Waals surface area contributed by atoms with Crippen molar-refractivity contribution in [3.63, 3.8) is 0 Å². The lowest BCUT2D eigenvalue weighted by Crippen LogP contribution is -2.41. The smallest absolute Gasteiger partial charge is 0.231 e. The number of nitrogens with zero attached hydrogens (tertiary/aromatic N) is 3. The summed E-state index contributed by atoms with van der Waals surface area (Å²) in [5, 5.41) is 0. The predicted octanol–water partition coefficient (Wildman–Crippen LogP) is 4.51. The summed E-state index contributed by atoms with van der Waals surface area (Å²) < 4.78 is 39.6. The van der Waals surface area contributed by atoms with Gasteiger partial charge in [0, 0.05) is 51.3 Å². The Labute approximate surface area is 216 Å². The van der Waals surface area contributed by atoms with Crippen LogP contribution in [-0.4, -0.2) is 60.6 Å². The zero-order chi connectivity index (χ0) is 26.5. The molecule has 2 amide bonds. The van der Waals surface area contributed by atoms with Gasteiger partial charge in [-0.1, -0.05) is 13.0 Å². The van der Waals surface area contributed by atoms with E-state index >= 15 is 0 Å². The molecule has 9 heteroatoms. The van der Waals surface area contributed by atoms with Gasteiger partial charge in [-0.15, -0.1) is 0 Å². The number of ether oxygens (including phenoxy) is 2. The highest BCUT2D eigenvalue weighted by Gasteiger charge is 2.25. The van der Waals surface area contributed by atoms with E-state index in [4.69, 9.17) is 9.47 Å². The normalized spacial score (nSPS) is 16.8. The Balaban J connectivity index is 1.66. The Morgan fingerprint density at radius 2 is 1.62 bits per heavy atom. The van der Waals surface area contributed by atoms with E-state index in [2.05, 4.69) is 18.7 Å². The second-order valence-corrected chi connectivity index (χ2v) is 9.81. The SMILES string of the molecule is CCC(=O)N1CCCN(C(C)C)CCCN(C(=O)Cc2ccc3c(c2)OCO3)Cc2cc(F)c(F)cc21. The van der Waals surface area contributed by atoms with E-state index in [-0.39, 0.29) is 38.0 Å². The molecule has 2 aromatic carbocycles. The third-order valence-corrected chi connectivity index (χ3v) is 6.95. The van der Waals surface area contributed by atoms with Gasteiger partial charge < -0.3 is 24.2 Å². The number of rotatable bonds is 4. The van der Waals surface area contributed by atoms with Crippen LogP contribution in [0.3, 0.4) is 0 Å². The standard InChI is InChI=1S/C28H35F2N3O4/c1-4-27(34)33-12-6-10-31(19(2)3)9-5-11-32(17-21-15-22(29)23(30)16-24(21)33)28(35)14-20-7-8-25-26(13-20)37-18-36-25/h7-8,13,15-16,19H,4-6,9-12,14,17-18H2,1-3H3. The molecule has 4 rings (SSSR count). The number of hydrogen-bond acceptors (Lipinski definition) is 5. The zero-order valence-electron chi connectivity index (χ0n) is 21.8. The zero-order valence-corrected chi connectivity index (χ0v) is 21.8. The van der Waals surface area contributed by atoms with E-state index in [1.165, 1.54) is 0 Å². The number of halogens is 2. The third-order valence-electron chi connectivity index (χ3n) is 6.95. The monoisotopic (exact) mass is 515 g/mol. The Bertz CT molecular complexity index is 1140. The number of amides is 2. The van der Waals surface area contributed by atoms with Crippen LogP contribution in [0, 0.1) is 11.6 Å². The van der Waals surface area contributed by atoms with Crippen molar-refractivity contribution in [3.8, 4) is 11.5 Å². The van der Waals surface area contributed by atoms with Crippen LogP contribution in [0.2, 0.25) is 0 Å². The molecule has 0 fully saturated rings. The van der Waals surface area contributed by atoms with Gasteiger partial charge in [-0.25, -0.2) is 8.78 Å². The molecule has 0 N–H and O–H groups in total. The van der Waals surface area contributed by atoms with Crippen molar-refractivity contribution < 1.29 is 27.8 Å². The fraction of sp³-hybridized carbons (Fsp3) is 0.500. The molecule has 2 aromatic rings. The highest BCUT2D eigenvalue weighted by atomic mass is 19.2. The second kappa shape index (κ2) is 11.9. The minimum Gasteiger partial charge on any atom is -0.454 e. The first-order valence-electron chi connectivity index (χ1n) is 13.0. The van der Waals surface area contributed by atoms with Crippen molar-refractivity contribution in [3.05, 3.63) is 53.1 Å². The van der Waals surface area contributed by atoms with Gasteiger partial charge in [-0.05, 0) is 56.0 Å². The maximum atomic E-state index is 14.4. The Morgan fingerprint density at radius 1 is 0.919 bits per heavy atom. The number of benzene rings is 2. The molecule has 2 aliphatic rings. The molecule has 0 unspecified atom stereocenters. The lowest BCUT2D eigenvalue weighted by molar-refractivity contribution is -0.131. The van der Waals surface area contributed by atoms with Crippen LogP contribution < -0.4 is 14.4 Å². The molecule has 200 valence electrons. The summed E-state index contributed by atoms with van der Waals surface area (Å²) in [4.78, 5) is 32.0. The average molecular weight is 516 g/mol. The number of carbonyl (C=O) groups excluding carboxylic acids is 2. The average Bonchev–Trinajstić information content (AvgIpc) is 3.33. The van der Waals surface area contributed by atoms with E-state index in [0.29, 0.717) is 48.3 Å². The molecule has 0 spiro atoms. The van der Waals surface area contributed by atoms with E-state index in [1.807, 2.05) is 6.07 Å². The molecule has 0 aromatic heterocycles. The molecule has 0 atom stereocenters. The molecule has 2 heterocycles. The van der Waals surface area contributed by atoms with Crippen molar-refractivity contribution in [1.82, 2.24) is 9.80 Å². The van der Waals surface area contributed by atoms with Crippen molar-refractivity contribution in [1.29, 1.82) is 0 Å². The maximum absolute atomic E-state index is 14.4. The first kappa shape index (κ1) is 26.9. The van der Waals surface area contributed by atoms with Gasteiger partial charge in [0.05, 0.1) is 12.1 Å². The highest BCUT2D eigenvalue weighted by Crippen LogP contribution is 2.33. The van der Waals surface area contributed by atoms with Crippen molar-refractivity contribution in [2.75, 3.05) is 37.9 Å². The Hall–Kier alpha value is -3.20. The van der Waals surface area contributed by atoms with Gasteiger partial charge in [0.25, 0.3) is 0 Å². The van der Waals surface area contributed by atoms with Crippen LogP contribution >= 0.6 is 0 Å². The highest BCUT2D eigenvalue weighted by molar-refractivity contribution is 5.94. The fourth-order valence-corrected chi connectivity index (χ4v) is 4.89. The van der Waals surface area contributed by atoms with Gasteiger partial charge in [0.2, 0.25) is 18.6 Å². The number of hydrogen-bond donors (Lipinski definition) is 0. The first-order chi connectivity index (χ1) is 17.8. The molecule has 0 saturated heterocycles. The molecule has 7 nitrogen and oxygen atoms in total. The second-order valence-electron chi connectivity index (χ2n) is 9.81. The first-order valence-corrected chi connectivity index (χ1v) is 13.0. The molecular weight excluding hydrogens is 480 g/mol. The van der Waals surface area contributed by atoms with E-state index in [0.717, 1.165) is 37.2 Å². The predicted molar refractivity (Wildman–Crippen MR) is 137 cm³/mol. The van der Waals surface area contributed by atoms with E-state index in [9.17, 15) is 18.4 Å². The molecule has 2 aliphatic heterocycles. The molecule has 0 saturated carbocycles.